The molecule has 0 atom stereocenters. The molecular weight excluding hydrogens is 263 g/mol. The number of benzene rings is 1. The number of nitrogens with one attached hydrogen (secondary N) is 1. The Morgan fingerprint density at radius 1 is 1.42 bits per heavy atom. The largest absolute Gasteiger partial charge is 0.395 e. The van der Waals surface area contributed by atoms with Crippen molar-refractivity contribution in [1.29, 1.82) is 0 Å². The van der Waals surface area contributed by atoms with E-state index >= 15 is 0 Å². The third kappa shape index (κ3) is 4.12. The van der Waals surface area contributed by atoms with Crippen LogP contribution in [-0.2, 0) is 5.75 Å². The highest BCUT2D eigenvalue weighted by Crippen LogP contribution is 2.21. The lowest BCUT2D eigenvalue weighted by molar-refractivity contribution is 0.305. The minimum absolute atomic E-state index is 0.0212. The molecule has 1 aromatic carbocycles. The second-order valence-corrected chi connectivity index (χ2v) is 4.73. The van der Waals surface area contributed by atoms with Crippen LogP contribution in [0.15, 0.2) is 35.7 Å². The number of hydrogen-bond donors (Lipinski definition) is 2. The number of aliphatic hydroxyl groups excluding tert-OH is 1. The zero-order chi connectivity index (χ0) is 13.5. The van der Waals surface area contributed by atoms with Gasteiger partial charge in [-0.1, -0.05) is 29.7 Å². The smallest absolute Gasteiger partial charge is 0.165 e. The Bertz CT molecular complexity index is 587. The van der Waals surface area contributed by atoms with Crippen LogP contribution in [-0.4, -0.2) is 21.7 Å². The molecule has 2 aromatic rings. The fraction of sp³-hybridized carbons (Fsp3) is 0.214. The summed E-state index contributed by atoms with van der Waals surface area (Å²) in [7, 11) is 0. The van der Waals surface area contributed by atoms with E-state index in [1.165, 1.54) is 17.8 Å². The summed E-state index contributed by atoms with van der Waals surface area (Å²) in [6.07, 6.45) is 3.80. The highest BCUT2D eigenvalue weighted by atomic mass is 32.2. The second-order valence-electron chi connectivity index (χ2n) is 3.76. The van der Waals surface area contributed by atoms with Gasteiger partial charge in [-0.15, -0.1) is 0 Å². The number of imidazole rings is 1. The lowest BCUT2D eigenvalue weighted by Gasteiger charge is -2.02. The monoisotopic (exact) mass is 276 g/mol. The minimum atomic E-state index is -0.269. The van der Waals surface area contributed by atoms with E-state index in [-0.39, 0.29) is 12.4 Å². The molecule has 5 heteroatoms. The Labute approximate surface area is 115 Å². The molecule has 0 fully saturated rings. The van der Waals surface area contributed by atoms with Gasteiger partial charge in [0.1, 0.15) is 5.82 Å². The topological polar surface area (TPSA) is 48.9 Å². The first-order valence-corrected chi connectivity index (χ1v) is 6.78. The zero-order valence-corrected chi connectivity index (χ0v) is 11.0. The molecule has 2 rings (SSSR count). The fourth-order valence-corrected chi connectivity index (χ4v) is 2.25. The van der Waals surface area contributed by atoms with Crippen LogP contribution in [0.1, 0.15) is 17.5 Å². The van der Waals surface area contributed by atoms with Gasteiger partial charge in [0, 0.05) is 30.1 Å². The minimum Gasteiger partial charge on any atom is -0.395 e. The van der Waals surface area contributed by atoms with Crippen molar-refractivity contribution in [3.63, 3.8) is 0 Å². The van der Waals surface area contributed by atoms with Gasteiger partial charge in [-0.3, -0.25) is 0 Å². The standard InChI is InChI=1S/C14H13FN2OS/c15-13-9-11(3-1-2-8-18)4-5-12(13)10-19-14-16-6-7-17-14/h4-7,9,18H,2,8,10H2,(H,16,17). The molecule has 2 N–H and O–H groups in total. The van der Waals surface area contributed by atoms with Crippen LogP contribution in [0, 0.1) is 17.7 Å². The number of aliphatic hydroxyl groups is 1. The molecule has 19 heavy (non-hydrogen) atoms. The third-order valence-corrected chi connectivity index (χ3v) is 3.31. The lowest BCUT2D eigenvalue weighted by Crippen LogP contribution is -1.90. The van der Waals surface area contributed by atoms with Gasteiger partial charge in [-0.05, 0) is 17.7 Å². The molecule has 3 nitrogen and oxygen atoms in total. The van der Waals surface area contributed by atoms with Crippen LogP contribution in [0.4, 0.5) is 4.39 Å². The molecule has 0 amide bonds. The zero-order valence-electron chi connectivity index (χ0n) is 10.2. The second kappa shape index (κ2) is 6.98. The van der Waals surface area contributed by atoms with Gasteiger partial charge in [-0.25, -0.2) is 9.37 Å². The Morgan fingerprint density at radius 2 is 2.32 bits per heavy atom. The van der Waals surface area contributed by atoms with Gasteiger partial charge in [-0.2, -0.15) is 0 Å². The summed E-state index contributed by atoms with van der Waals surface area (Å²) in [6.45, 7) is 0.0212. The van der Waals surface area contributed by atoms with Gasteiger partial charge in [0.2, 0.25) is 0 Å². The Hall–Kier alpha value is -1.77. The number of H-pyrrole nitrogens is 1. The molecule has 1 heterocycles. The summed E-state index contributed by atoms with van der Waals surface area (Å²) in [5.41, 5.74) is 1.24. The van der Waals surface area contributed by atoms with Crippen LogP contribution >= 0.6 is 11.8 Å². The predicted molar refractivity (Wildman–Crippen MR) is 73.1 cm³/mol. The quantitative estimate of drug-likeness (QED) is 0.666. The number of halogens is 1. The maximum atomic E-state index is 13.8. The van der Waals surface area contributed by atoms with E-state index in [1.54, 1.807) is 24.5 Å². The molecule has 98 valence electrons. The predicted octanol–water partition coefficient (Wildman–Crippen LogP) is 2.58. The Kier molecular flexibility index (Phi) is 5.01. The van der Waals surface area contributed by atoms with E-state index in [0.29, 0.717) is 23.3 Å². The number of aromatic amines is 1. The van der Waals surface area contributed by atoms with E-state index in [2.05, 4.69) is 21.8 Å². The van der Waals surface area contributed by atoms with Gasteiger partial charge >= 0.3 is 0 Å². The van der Waals surface area contributed by atoms with Gasteiger partial charge < -0.3 is 10.1 Å². The number of aromatic nitrogens is 2. The van der Waals surface area contributed by atoms with Crippen molar-refractivity contribution in [2.75, 3.05) is 6.61 Å². The Morgan fingerprint density at radius 3 is 3.00 bits per heavy atom. The lowest BCUT2D eigenvalue weighted by atomic mass is 10.1. The van der Waals surface area contributed by atoms with Crippen molar-refractivity contribution in [2.24, 2.45) is 0 Å². The molecule has 0 aliphatic rings. The summed E-state index contributed by atoms with van der Waals surface area (Å²) < 4.78 is 13.8. The molecule has 1 aromatic heterocycles. The number of rotatable bonds is 4. The summed E-state index contributed by atoms with van der Waals surface area (Å²) in [5, 5.41) is 9.38. The van der Waals surface area contributed by atoms with Crippen molar-refractivity contribution in [3.8, 4) is 11.8 Å². The molecule has 0 saturated carbocycles. The molecule has 0 spiro atoms. The van der Waals surface area contributed by atoms with Gasteiger partial charge in [0.05, 0.1) is 6.61 Å². The van der Waals surface area contributed by atoms with E-state index < -0.39 is 0 Å². The first-order valence-electron chi connectivity index (χ1n) is 5.80. The average Bonchev–Trinajstić information content (AvgIpc) is 2.91. The summed E-state index contributed by atoms with van der Waals surface area (Å²) in [5.74, 6) is 5.82. The third-order valence-electron chi connectivity index (χ3n) is 2.36. The Balaban J connectivity index is 2.01. The highest BCUT2D eigenvalue weighted by molar-refractivity contribution is 7.98. The maximum Gasteiger partial charge on any atom is 0.165 e. The first-order chi connectivity index (χ1) is 9.29. The van der Waals surface area contributed by atoms with E-state index in [1.807, 2.05) is 0 Å². The molecule has 0 aliphatic carbocycles. The van der Waals surface area contributed by atoms with Crippen LogP contribution in [0.3, 0.4) is 0 Å². The van der Waals surface area contributed by atoms with Crippen LogP contribution < -0.4 is 0 Å². The van der Waals surface area contributed by atoms with Crippen molar-refractivity contribution in [2.45, 2.75) is 17.3 Å². The summed E-state index contributed by atoms with van der Waals surface area (Å²) >= 11 is 1.45. The molecular formula is C14H13FN2OS. The molecule has 0 saturated heterocycles. The van der Waals surface area contributed by atoms with Crippen molar-refractivity contribution < 1.29 is 9.50 Å². The molecule has 0 unspecified atom stereocenters. The molecule has 0 bridgehead atoms. The fourth-order valence-electron chi connectivity index (χ4n) is 1.44. The SMILES string of the molecule is OCCC#Cc1ccc(CSc2ncc[nH]2)c(F)c1. The number of thioether (sulfide) groups is 1. The summed E-state index contributed by atoms with van der Waals surface area (Å²) in [4.78, 5) is 7.02. The van der Waals surface area contributed by atoms with Crippen LogP contribution in [0.5, 0.6) is 0 Å². The highest BCUT2D eigenvalue weighted by Gasteiger charge is 2.04. The van der Waals surface area contributed by atoms with E-state index in [0.717, 1.165) is 5.16 Å². The number of hydrogen-bond acceptors (Lipinski definition) is 3. The van der Waals surface area contributed by atoms with Gasteiger partial charge in [0.15, 0.2) is 5.16 Å². The van der Waals surface area contributed by atoms with Crippen molar-refractivity contribution >= 4 is 11.8 Å². The normalized spacial score (nSPS) is 10.0. The van der Waals surface area contributed by atoms with Gasteiger partial charge in [0.25, 0.3) is 0 Å². The van der Waals surface area contributed by atoms with E-state index in [4.69, 9.17) is 5.11 Å². The summed E-state index contributed by atoms with van der Waals surface area (Å²) in [6, 6.07) is 4.93. The molecule has 0 aliphatic heterocycles. The number of nitrogens with zero attached hydrogens (tertiary/aromatic N) is 1. The van der Waals surface area contributed by atoms with Crippen LogP contribution in [0.2, 0.25) is 0 Å². The van der Waals surface area contributed by atoms with E-state index in [9.17, 15) is 4.39 Å². The average molecular weight is 276 g/mol. The van der Waals surface area contributed by atoms with Crippen LogP contribution in [0.25, 0.3) is 0 Å². The molecule has 0 radical (unpaired) electrons. The van der Waals surface area contributed by atoms with Crippen molar-refractivity contribution in [1.82, 2.24) is 9.97 Å². The van der Waals surface area contributed by atoms with Crippen molar-refractivity contribution in [3.05, 3.63) is 47.5 Å². The first kappa shape index (κ1) is 13.7. The maximum absolute atomic E-state index is 13.8.